The largest absolute Gasteiger partial charge is 0.338 e. The van der Waals surface area contributed by atoms with Crippen molar-refractivity contribution in [1.29, 1.82) is 0 Å². The topological polar surface area (TPSA) is 20.3 Å². The average Bonchev–Trinajstić information content (AvgIpc) is 2.38. The van der Waals surface area contributed by atoms with E-state index in [-0.39, 0.29) is 5.92 Å². The lowest BCUT2D eigenvalue weighted by Crippen LogP contribution is -2.45. The molecule has 3 heteroatoms. The zero-order valence-corrected chi connectivity index (χ0v) is 12.0. The zero-order chi connectivity index (χ0) is 12.7. The Bertz CT molecular complexity index is 222. The predicted molar refractivity (Wildman–Crippen MR) is 73.4 cm³/mol. The first kappa shape index (κ1) is 14.8. The SMILES string of the molecule is CCC(CC)C(=O)N(CCCl)C1CCCCC1. The number of carbonyl (C=O) groups is 1. The van der Waals surface area contributed by atoms with Crippen molar-refractivity contribution in [2.24, 2.45) is 5.92 Å². The van der Waals surface area contributed by atoms with Gasteiger partial charge in [-0.25, -0.2) is 0 Å². The number of nitrogens with zero attached hydrogens (tertiary/aromatic N) is 1. The number of halogens is 1. The van der Waals surface area contributed by atoms with Gasteiger partial charge in [0.05, 0.1) is 0 Å². The predicted octanol–water partition coefficient (Wildman–Crippen LogP) is 3.82. The van der Waals surface area contributed by atoms with Crippen LogP contribution in [0.2, 0.25) is 0 Å². The molecule has 1 saturated carbocycles. The van der Waals surface area contributed by atoms with Crippen LogP contribution in [0.4, 0.5) is 0 Å². The first-order chi connectivity index (χ1) is 8.24. The van der Waals surface area contributed by atoms with E-state index in [4.69, 9.17) is 11.6 Å². The van der Waals surface area contributed by atoms with Crippen LogP contribution in [-0.2, 0) is 4.79 Å². The molecule has 0 saturated heterocycles. The third kappa shape index (κ3) is 4.17. The Hall–Kier alpha value is -0.240. The van der Waals surface area contributed by atoms with Crippen LogP contribution < -0.4 is 0 Å². The molecule has 1 aliphatic carbocycles. The highest BCUT2D eigenvalue weighted by Crippen LogP contribution is 2.25. The van der Waals surface area contributed by atoms with Crippen LogP contribution in [0.1, 0.15) is 58.8 Å². The Balaban J connectivity index is 2.65. The second-order valence-electron chi connectivity index (χ2n) is 5.03. The fraction of sp³-hybridized carbons (Fsp3) is 0.929. The van der Waals surface area contributed by atoms with Gasteiger partial charge < -0.3 is 4.90 Å². The van der Waals surface area contributed by atoms with E-state index in [2.05, 4.69) is 18.7 Å². The van der Waals surface area contributed by atoms with E-state index in [1.54, 1.807) is 0 Å². The van der Waals surface area contributed by atoms with Gasteiger partial charge in [0.2, 0.25) is 5.91 Å². The van der Waals surface area contributed by atoms with Crippen LogP contribution in [0.15, 0.2) is 0 Å². The Kier molecular flexibility index (Phi) is 6.94. The summed E-state index contributed by atoms with van der Waals surface area (Å²) in [5, 5.41) is 0. The van der Waals surface area contributed by atoms with Crippen molar-refractivity contribution in [2.45, 2.75) is 64.8 Å². The molecule has 100 valence electrons. The molecule has 2 nitrogen and oxygen atoms in total. The van der Waals surface area contributed by atoms with Crippen LogP contribution >= 0.6 is 11.6 Å². The summed E-state index contributed by atoms with van der Waals surface area (Å²) in [5.74, 6) is 1.09. The minimum Gasteiger partial charge on any atom is -0.338 e. The number of hydrogen-bond donors (Lipinski definition) is 0. The summed E-state index contributed by atoms with van der Waals surface area (Å²) in [5.41, 5.74) is 0. The van der Waals surface area contributed by atoms with Crippen LogP contribution in [0.3, 0.4) is 0 Å². The lowest BCUT2D eigenvalue weighted by molar-refractivity contribution is -0.138. The van der Waals surface area contributed by atoms with E-state index in [0.29, 0.717) is 17.8 Å². The molecule has 0 N–H and O–H groups in total. The van der Waals surface area contributed by atoms with Gasteiger partial charge in [-0.1, -0.05) is 33.1 Å². The van der Waals surface area contributed by atoms with E-state index >= 15 is 0 Å². The van der Waals surface area contributed by atoms with Crippen molar-refractivity contribution in [3.63, 3.8) is 0 Å². The van der Waals surface area contributed by atoms with Gasteiger partial charge in [0.25, 0.3) is 0 Å². The lowest BCUT2D eigenvalue weighted by atomic mass is 9.92. The quantitative estimate of drug-likeness (QED) is 0.664. The molecule has 1 amide bonds. The van der Waals surface area contributed by atoms with E-state index < -0.39 is 0 Å². The third-order valence-electron chi connectivity index (χ3n) is 3.96. The Morgan fingerprint density at radius 3 is 2.29 bits per heavy atom. The van der Waals surface area contributed by atoms with Crippen molar-refractivity contribution in [3.8, 4) is 0 Å². The standard InChI is InChI=1S/C14H26ClNO/c1-3-12(4-2)14(17)16(11-10-15)13-8-6-5-7-9-13/h12-13H,3-11H2,1-2H3. The number of amides is 1. The van der Waals surface area contributed by atoms with Crippen LogP contribution in [0, 0.1) is 5.92 Å². The summed E-state index contributed by atoms with van der Waals surface area (Å²) in [7, 11) is 0. The van der Waals surface area contributed by atoms with Crippen molar-refractivity contribution < 1.29 is 4.79 Å². The molecule has 0 spiro atoms. The molecule has 0 radical (unpaired) electrons. The lowest BCUT2D eigenvalue weighted by Gasteiger charge is -2.36. The average molecular weight is 260 g/mol. The smallest absolute Gasteiger partial charge is 0.225 e. The van der Waals surface area contributed by atoms with Crippen molar-refractivity contribution in [2.75, 3.05) is 12.4 Å². The Morgan fingerprint density at radius 1 is 1.24 bits per heavy atom. The van der Waals surface area contributed by atoms with Crippen molar-refractivity contribution >= 4 is 17.5 Å². The molecule has 1 aliphatic rings. The van der Waals surface area contributed by atoms with Gasteiger partial charge in [-0.05, 0) is 25.7 Å². The zero-order valence-electron chi connectivity index (χ0n) is 11.3. The van der Waals surface area contributed by atoms with Gasteiger partial charge in [-0.2, -0.15) is 0 Å². The molecular formula is C14H26ClNO. The molecule has 1 rings (SSSR count). The normalized spacial score (nSPS) is 17.4. The maximum atomic E-state index is 12.5. The maximum Gasteiger partial charge on any atom is 0.225 e. The maximum absolute atomic E-state index is 12.5. The van der Waals surface area contributed by atoms with Gasteiger partial charge in [-0.3, -0.25) is 4.79 Å². The van der Waals surface area contributed by atoms with E-state index in [1.165, 1.54) is 32.1 Å². The van der Waals surface area contributed by atoms with Gasteiger partial charge >= 0.3 is 0 Å². The number of alkyl halides is 1. The minimum atomic E-state index is 0.195. The first-order valence-electron chi connectivity index (χ1n) is 7.11. The van der Waals surface area contributed by atoms with Gasteiger partial charge in [0.15, 0.2) is 0 Å². The van der Waals surface area contributed by atoms with Crippen LogP contribution in [0.5, 0.6) is 0 Å². The van der Waals surface area contributed by atoms with Crippen molar-refractivity contribution in [3.05, 3.63) is 0 Å². The molecule has 0 unspecified atom stereocenters. The number of carbonyl (C=O) groups excluding carboxylic acids is 1. The summed E-state index contributed by atoms with van der Waals surface area (Å²) in [6, 6.07) is 0.454. The summed E-state index contributed by atoms with van der Waals surface area (Å²) in [4.78, 5) is 14.5. The molecule has 0 aliphatic heterocycles. The van der Waals surface area contributed by atoms with Gasteiger partial charge in [0, 0.05) is 24.4 Å². The fourth-order valence-corrected chi connectivity index (χ4v) is 3.01. The third-order valence-corrected chi connectivity index (χ3v) is 4.13. The van der Waals surface area contributed by atoms with Gasteiger partial charge in [-0.15, -0.1) is 11.6 Å². The number of rotatable bonds is 6. The van der Waals surface area contributed by atoms with Gasteiger partial charge in [0.1, 0.15) is 0 Å². The second-order valence-corrected chi connectivity index (χ2v) is 5.40. The molecule has 0 aromatic rings. The monoisotopic (exact) mass is 259 g/mol. The Labute approximate surface area is 111 Å². The molecule has 1 fully saturated rings. The minimum absolute atomic E-state index is 0.195. The highest BCUT2D eigenvalue weighted by molar-refractivity contribution is 6.18. The summed E-state index contributed by atoms with van der Waals surface area (Å²) >= 11 is 5.86. The fourth-order valence-electron chi connectivity index (χ4n) is 2.83. The molecule has 0 aromatic carbocycles. The summed E-state index contributed by atoms with van der Waals surface area (Å²) < 4.78 is 0. The highest BCUT2D eigenvalue weighted by atomic mass is 35.5. The first-order valence-corrected chi connectivity index (χ1v) is 7.64. The summed E-state index contributed by atoms with van der Waals surface area (Å²) in [6.45, 7) is 4.93. The van der Waals surface area contributed by atoms with Crippen LogP contribution in [0.25, 0.3) is 0 Å². The van der Waals surface area contributed by atoms with E-state index in [9.17, 15) is 4.79 Å². The van der Waals surface area contributed by atoms with Crippen LogP contribution in [-0.4, -0.2) is 29.3 Å². The molecule has 0 aromatic heterocycles. The Morgan fingerprint density at radius 2 is 1.82 bits per heavy atom. The second kappa shape index (κ2) is 7.97. The summed E-state index contributed by atoms with van der Waals surface area (Å²) in [6.07, 6.45) is 8.08. The molecular weight excluding hydrogens is 234 g/mol. The molecule has 0 atom stereocenters. The number of hydrogen-bond acceptors (Lipinski definition) is 1. The molecule has 0 heterocycles. The van der Waals surface area contributed by atoms with Crippen molar-refractivity contribution in [1.82, 2.24) is 4.90 Å². The van der Waals surface area contributed by atoms with E-state index in [0.717, 1.165) is 19.4 Å². The molecule has 17 heavy (non-hydrogen) atoms. The highest BCUT2D eigenvalue weighted by Gasteiger charge is 2.28. The van der Waals surface area contributed by atoms with E-state index in [1.807, 2.05) is 0 Å². The molecule has 0 bridgehead atoms.